The summed E-state index contributed by atoms with van der Waals surface area (Å²) in [6.07, 6.45) is 0. The third kappa shape index (κ3) is 2.96. The van der Waals surface area contributed by atoms with Gasteiger partial charge < -0.3 is 4.42 Å². The molecule has 0 amide bonds. The predicted octanol–water partition coefficient (Wildman–Crippen LogP) is 8.98. The number of rotatable bonds is 2. The van der Waals surface area contributed by atoms with Crippen LogP contribution in [0.3, 0.4) is 0 Å². The van der Waals surface area contributed by atoms with Crippen molar-refractivity contribution in [2.45, 2.75) is 27.7 Å². The Morgan fingerprint density at radius 1 is 0.694 bits per heavy atom. The topological polar surface area (TPSA) is 31.0 Å². The highest BCUT2D eigenvalue weighted by atomic mass is 16.3. The third-order valence-corrected chi connectivity index (χ3v) is 7.41. The predicted molar refractivity (Wildman–Crippen MR) is 150 cm³/mol. The fourth-order valence-electron chi connectivity index (χ4n) is 5.66. The first kappa shape index (κ1) is 21.0. The van der Waals surface area contributed by atoms with Crippen molar-refractivity contribution >= 4 is 43.7 Å². The van der Waals surface area contributed by atoms with Crippen LogP contribution in [0, 0.1) is 27.7 Å². The maximum absolute atomic E-state index is 6.55. The molecule has 0 spiro atoms. The van der Waals surface area contributed by atoms with Crippen LogP contribution in [-0.2, 0) is 0 Å². The van der Waals surface area contributed by atoms with E-state index in [2.05, 4.69) is 117 Å². The van der Waals surface area contributed by atoms with Gasteiger partial charge in [0.25, 0.3) is 0 Å². The molecule has 0 aliphatic heterocycles. The number of fused-ring (bicyclic) bond motifs is 5. The average Bonchev–Trinajstić information content (AvgIpc) is 3.42. The number of hydrogen-bond acceptors (Lipinski definition) is 2. The Morgan fingerprint density at radius 2 is 1.44 bits per heavy atom. The van der Waals surface area contributed by atoms with Crippen molar-refractivity contribution < 1.29 is 4.42 Å². The number of imidazole rings is 1. The first-order valence-corrected chi connectivity index (χ1v) is 12.4. The maximum Gasteiger partial charge on any atom is 0.149 e. The van der Waals surface area contributed by atoms with Crippen molar-refractivity contribution in [1.29, 1.82) is 0 Å². The van der Waals surface area contributed by atoms with Crippen LogP contribution in [0.25, 0.3) is 60.8 Å². The van der Waals surface area contributed by atoms with E-state index in [1.54, 1.807) is 0 Å². The standard InChI is InChI=1S/C33H26N2O/c1-19-12-15-29-26(16-19)30-20(2)13-14-25(32(30)36-29)33-34-27-17-23-10-5-6-11-24(23)18-28(27)35(33)31-21(3)8-7-9-22(31)4/h5-18H,1-4H3. The van der Waals surface area contributed by atoms with Crippen molar-refractivity contribution in [2.24, 2.45) is 0 Å². The molecule has 0 fully saturated rings. The van der Waals surface area contributed by atoms with Gasteiger partial charge >= 0.3 is 0 Å². The average molecular weight is 467 g/mol. The highest BCUT2D eigenvalue weighted by Crippen LogP contribution is 2.40. The summed E-state index contributed by atoms with van der Waals surface area (Å²) in [7, 11) is 0. The summed E-state index contributed by atoms with van der Waals surface area (Å²) < 4.78 is 8.87. The molecule has 0 atom stereocenters. The molecule has 0 unspecified atom stereocenters. The number of para-hydroxylation sites is 1. The second-order valence-corrected chi connectivity index (χ2v) is 9.94. The van der Waals surface area contributed by atoms with Crippen LogP contribution in [0.15, 0.2) is 89.3 Å². The van der Waals surface area contributed by atoms with Gasteiger partial charge in [-0.15, -0.1) is 0 Å². The Bertz CT molecular complexity index is 1970. The second kappa shape index (κ2) is 7.56. The molecule has 0 aliphatic rings. The molecule has 2 heterocycles. The van der Waals surface area contributed by atoms with Crippen LogP contribution in [0.2, 0.25) is 0 Å². The molecule has 36 heavy (non-hydrogen) atoms. The smallest absolute Gasteiger partial charge is 0.149 e. The van der Waals surface area contributed by atoms with Gasteiger partial charge in [0, 0.05) is 10.8 Å². The van der Waals surface area contributed by atoms with E-state index in [4.69, 9.17) is 9.40 Å². The number of furan rings is 1. The molecule has 3 heteroatoms. The molecule has 0 saturated heterocycles. The lowest BCUT2D eigenvalue weighted by molar-refractivity contribution is 0.669. The summed E-state index contributed by atoms with van der Waals surface area (Å²) in [5.41, 5.74) is 10.9. The van der Waals surface area contributed by atoms with Crippen molar-refractivity contribution in [2.75, 3.05) is 0 Å². The van der Waals surface area contributed by atoms with Crippen LogP contribution < -0.4 is 0 Å². The Labute approximate surface area is 209 Å². The van der Waals surface area contributed by atoms with Crippen molar-refractivity contribution in [3.8, 4) is 17.1 Å². The van der Waals surface area contributed by atoms with Gasteiger partial charge in [0.1, 0.15) is 17.0 Å². The van der Waals surface area contributed by atoms with Crippen molar-refractivity contribution in [3.05, 3.63) is 107 Å². The van der Waals surface area contributed by atoms with Gasteiger partial charge in [-0.1, -0.05) is 60.2 Å². The molecular weight excluding hydrogens is 440 g/mol. The number of aryl methyl sites for hydroxylation is 4. The van der Waals surface area contributed by atoms with Gasteiger partial charge in [0.05, 0.1) is 22.3 Å². The minimum absolute atomic E-state index is 0.892. The fraction of sp³-hybridized carbons (Fsp3) is 0.121. The SMILES string of the molecule is Cc1ccc2oc3c(-c4nc5cc6ccccc6cc5n4-c4c(C)cccc4C)ccc(C)c3c2c1. The van der Waals surface area contributed by atoms with E-state index in [-0.39, 0.29) is 0 Å². The Hall–Kier alpha value is -4.37. The van der Waals surface area contributed by atoms with Gasteiger partial charge in [-0.2, -0.15) is 0 Å². The van der Waals surface area contributed by atoms with Gasteiger partial charge in [0.2, 0.25) is 0 Å². The van der Waals surface area contributed by atoms with Crippen molar-refractivity contribution in [3.63, 3.8) is 0 Å². The first-order chi connectivity index (χ1) is 17.5. The molecule has 0 aliphatic carbocycles. The summed E-state index contributed by atoms with van der Waals surface area (Å²) >= 11 is 0. The number of nitrogens with zero attached hydrogens (tertiary/aromatic N) is 2. The molecule has 3 nitrogen and oxygen atoms in total. The van der Waals surface area contributed by atoms with Gasteiger partial charge in [-0.05, 0) is 85.5 Å². The Morgan fingerprint density at radius 3 is 2.22 bits per heavy atom. The van der Waals surface area contributed by atoms with E-state index < -0.39 is 0 Å². The normalized spacial score (nSPS) is 11.9. The van der Waals surface area contributed by atoms with E-state index >= 15 is 0 Å². The molecule has 0 N–H and O–H groups in total. The van der Waals surface area contributed by atoms with Crippen LogP contribution >= 0.6 is 0 Å². The second-order valence-electron chi connectivity index (χ2n) is 9.94. The summed E-state index contributed by atoms with van der Waals surface area (Å²) in [5.74, 6) is 0.901. The zero-order chi connectivity index (χ0) is 24.6. The first-order valence-electron chi connectivity index (χ1n) is 12.4. The van der Waals surface area contributed by atoms with Crippen LogP contribution in [0.5, 0.6) is 0 Å². The van der Waals surface area contributed by atoms with Crippen LogP contribution in [0.1, 0.15) is 22.3 Å². The molecule has 174 valence electrons. The largest absolute Gasteiger partial charge is 0.455 e. The summed E-state index contributed by atoms with van der Waals surface area (Å²) in [6, 6.07) is 30.2. The van der Waals surface area contributed by atoms with E-state index in [9.17, 15) is 0 Å². The minimum Gasteiger partial charge on any atom is -0.455 e. The lowest BCUT2D eigenvalue weighted by Gasteiger charge is -2.16. The Kier molecular flexibility index (Phi) is 4.40. The highest BCUT2D eigenvalue weighted by Gasteiger charge is 2.22. The quantitative estimate of drug-likeness (QED) is 0.254. The molecule has 7 aromatic rings. The van der Waals surface area contributed by atoms with E-state index in [1.165, 1.54) is 38.7 Å². The van der Waals surface area contributed by atoms with E-state index in [0.29, 0.717) is 0 Å². The summed E-state index contributed by atoms with van der Waals surface area (Å²) in [5, 5.41) is 4.72. The van der Waals surface area contributed by atoms with Crippen molar-refractivity contribution in [1.82, 2.24) is 9.55 Å². The lowest BCUT2D eigenvalue weighted by atomic mass is 10.0. The van der Waals surface area contributed by atoms with Crippen LogP contribution in [0.4, 0.5) is 0 Å². The number of aromatic nitrogens is 2. The molecule has 0 radical (unpaired) electrons. The molecule has 2 aromatic heterocycles. The monoisotopic (exact) mass is 466 g/mol. The van der Waals surface area contributed by atoms with E-state index in [1.807, 2.05) is 0 Å². The molecule has 0 bridgehead atoms. The van der Waals surface area contributed by atoms with Gasteiger partial charge in [-0.25, -0.2) is 4.98 Å². The number of hydrogen-bond donors (Lipinski definition) is 0. The van der Waals surface area contributed by atoms with Gasteiger partial charge in [-0.3, -0.25) is 4.57 Å². The van der Waals surface area contributed by atoms with E-state index in [0.717, 1.165) is 44.4 Å². The summed E-state index contributed by atoms with van der Waals surface area (Å²) in [6.45, 7) is 8.63. The van der Waals surface area contributed by atoms with Crippen LogP contribution in [-0.4, -0.2) is 9.55 Å². The lowest BCUT2D eigenvalue weighted by Crippen LogP contribution is -2.03. The third-order valence-electron chi connectivity index (χ3n) is 7.41. The molecule has 5 aromatic carbocycles. The minimum atomic E-state index is 0.892. The molecule has 7 rings (SSSR count). The fourth-order valence-corrected chi connectivity index (χ4v) is 5.66. The summed E-state index contributed by atoms with van der Waals surface area (Å²) in [4.78, 5) is 5.26. The zero-order valence-corrected chi connectivity index (χ0v) is 20.9. The Balaban J connectivity index is 1.66. The number of benzene rings is 5. The zero-order valence-electron chi connectivity index (χ0n) is 20.9. The molecular formula is C33H26N2O. The molecule has 0 saturated carbocycles. The maximum atomic E-state index is 6.55. The van der Waals surface area contributed by atoms with Gasteiger partial charge in [0.15, 0.2) is 0 Å². The highest BCUT2D eigenvalue weighted by molar-refractivity contribution is 6.11.